The van der Waals surface area contributed by atoms with Crippen LogP contribution in [0, 0.1) is 35.5 Å². The predicted molar refractivity (Wildman–Crippen MR) is 128 cm³/mol. The van der Waals surface area contributed by atoms with Crippen LogP contribution in [0.2, 0.25) is 0 Å². The number of nitrogens with one attached hydrogen (secondary N) is 1. The number of benzene rings is 3. The summed E-state index contributed by atoms with van der Waals surface area (Å²) >= 11 is 0. The van der Waals surface area contributed by atoms with Gasteiger partial charge in [0.15, 0.2) is 0 Å². The molecule has 2 heterocycles. The smallest absolute Gasteiger partial charge is 0.325 e. The van der Waals surface area contributed by atoms with Crippen LogP contribution in [0.4, 0.5) is 0 Å². The van der Waals surface area contributed by atoms with Crippen molar-refractivity contribution >= 4 is 28.6 Å². The first-order chi connectivity index (χ1) is 16.9. The summed E-state index contributed by atoms with van der Waals surface area (Å²) in [7, 11) is 0. The minimum Gasteiger partial charge on any atom is -0.480 e. The van der Waals surface area contributed by atoms with E-state index in [0.717, 1.165) is 15.7 Å². The zero-order valence-electron chi connectivity index (χ0n) is 18.6. The highest BCUT2D eigenvalue weighted by Gasteiger charge is 2.68. The summed E-state index contributed by atoms with van der Waals surface area (Å²) in [5.41, 5.74) is -0.264. The number of terminal acetylenes is 1. The maximum absolute atomic E-state index is 13.5. The first kappa shape index (κ1) is 22.3. The summed E-state index contributed by atoms with van der Waals surface area (Å²) in [4.78, 5) is 40.8. The van der Waals surface area contributed by atoms with Crippen molar-refractivity contribution in [3.8, 4) is 18.4 Å². The molecule has 2 aliphatic rings. The van der Waals surface area contributed by atoms with Gasteiger partial charge in [-0.25, -0.2) is 0 Å². The number of hydrogen-bond acceptors (Lipinski definition) is 5. The van der Waals surface area contributed by atoms with Crippen LogP contribution in [0.25, 0.3) is 10.8 Å². The highest BCUT2D eigenvalue weighted by atomic mass is 16.4. The Kier molecular flexibility index (Phi) is 5.36. The predicted octanol–water partition coefficient (Wildman–Crippen LogP) is 2.66. The molecule has 0 radical (unpaired) electrons. The van der Waals surface area contributed by atoms with Gasteiger partial charge in [-0.05, 0) is 28.0 Å². The number of carboxylic acid groups (broad SMARTS) is 1. The third kappa shape index (κ3) is 3.37. The van der Waals surface area contributed by atoms with Crippen LogP contribution in [0.3, 0.4) is 0 Å². The molecule has 3 aromatic carbocycles. The molecule has 0 aromatic heterocycles. The zero-order valence-corrected chi connectivity index (χ0v) is 18.6. The van der Waals surface area contributed by atoms with Gasteiger partial charge in [0, 0.05) is 12.5 Å². The average Bonchev–Trinajstić information content (AvgIpc) is 3.34. The number of carbonyl (C=O) groups excluding carboxylic acids is 2. The normalized spacial score (nSPS) is 25.3. The van der Waals surface area contributed by atoms with E-state index in [2.05, 4.69) is 17.3 Å². The van der Waals surface area contributed by atoms with Crippen molar-refractivity contribution in [2.75, 3.05) is 6.54 Å². The molecule has 2 N–H and O–H groups in total. The summed E-state index contributed by atoms with van der Waals surface area (Å²) in [5.74, 6) is -2.21. The van der Waals surface area contributed by atoms with Crippen molar-refractivity contribution in [2.45, 2.75) is 18.0 Å². The van der Waals surface area contributed by atoms with Crippen LogP contribution in [0.1, 0.15) is 22.7 Å². The van der Waals surface area contributed by atoms with Gasteiger partial charge in [-0.1, -0.05) is 66.6 Å². The molecule has 4 unspecified atom stereocenters. The van der Waals surface area contributed by atoms with Crippen LogP contribution in [-0.4, -0.2) is 39.9 Å². The molecule has 2 saturated heterocycles. The lowest BCUT2D eigenvalue weighted by atomic mass is 9.76. The highest BCUT2D eigenvalue weighted by Crippen LogP contribution is 2.50. The molecule has 4 atom stereocenters. The molecular weight excluding hydrogens is 442 g/mol. The van der Waals surface area contributed by atoms with Gasteiger partial charge in [0.1, 0.15) is 5.54 Å². The molecule has 2 fully saturated rings. The molecule has 7 heteroatoms. The second-order valence-corrected chi connectivity index (χ2v) is 8.93. The topological polar surface area (TPSA) is 110 Å². The van der Waals surface area contributed by atoms with Crippen LogP contribution in [0.15, 0.2) is 66.7 Å². The van der Waals surface area contributed by atoms with Crippen molar-refractivity contribution in [1.29, 1.82) is 5.26 Å². The van der Waals surface area contributed by atoms with E-state index >= 15 is 0 Å². The van der Waals surface area contributed by atoms with Crippen LogP contribution in [-0.2, 0) is 20.8 Å². The van der Waals surface area contributed by atoms with E-state index in [9.17, 15) is 24.8 Å². The quantitative estimate of drug-likeness (QED) is 0.445. The molecule has 7 nitrogen and oxygen atoms in total. The summed E-state index contributed by atoms with van der Waals surface area (Å²) in [6.07, 6.45) is 5.38. The molecule has 5 rings (SSSR count). The Balaban J connectivity index is 1.66. The van der Waals surface area contributed by atoms with Gasteiger partial charge >= 0.3 is 5.97 Å². The molecule has 172 valence electrons. The average molecular weight is 463 g/mol. The highest BCUT2D eigenvalue weighted by molar-refractivity contribution is 6.09. The Labute approximate surface area is 202 Å². The monoisotopic (exact) mass is 463 g/mol. The molecule has 3 aromatic rings. The molecule has 2 amide bonds. The fourth-order valence-electron chi connectivity index (χ4n) is 5.55. The van der Waals surface area contributed by atoms with E-state index in [4.69, 9.17) is 6.42 Å². The Morgan fingerprint density at radius 3 is 2.49 bits per heavy atom. The fraction of sp³-hybridized carbons (Fsp3) is 0.214. The molecular formula is C28H21N3O4. The lowest BCUT2D eigenvalue weighted by Gasteiger charge is -2.31. The zero-order chi connectivity index (χ0) is 24.7. The summed E-state index contributed by atoms with van der Waals surface area (Å²) < 4.78 is 0. The van der Waals surface area contributed by atoms with Gasteiger partial charge in [0.25, 0.3) is 0 Å². The van der Waals surface area contributed by atoms with E-state index in [1.807, 2.05) is 42.5 Å². The third-order valence-electron chi connectivity index (χ3n) is 7.09. The summed E-state index contributed by atoms with van der Waals surface area (Å²) in [5, 5.41) is 25.3. The Morgan fingerprint density at radius 2 is 1.77 bits per heavy atom. The third-order valence-corrected chi connectivity index (χ3v) is 7.09. The van der Waals surface area contributed by atoms with Crippen LogP contribution < -0.4 is 5.32 Å². The van der Waals surface area contributed by atoms with Gasteiger partial charge < -0.3 is 5.11 Å². The SMILES string of the molecule is C#CCN1C(=O)C2C(c3ccccc3C#N)NC(Cc3ccc4ccccc4c3)(C(=O)O)C2C1=O. The fourth-order valence-corrected chi connectivity index (χ4v) is 5.55. The number of amides is 2. The van der Waals surface area contributed by atoms with Crippen LogP contribution >= 0.6 is 0 Å². The maximum atomic E-state index is 13.5. The number of rotatable bonds is 5. The number of hydrogen-bond donors (Lipinski definition) is 2. The molecule has 0 bridgehead atoms. The standard InChI is InChI=1S/C28H21N3O4/c1-2-13-31-25(32)22-23(26(31)33)28(27(34)35,30-24(22)21-10-6-5-9-20(21)16-29)15-17-11-12-18-7-3-4-8-19(18)14-17/h1,3-12,14,22-24,30H,13,15H2,(H,34,35). The van der Waals surface area contributed by atoms with Gasteiger partial charge in [-0.2, -0.15) is 5.26 Å². The minimum atomic E-state index is -1.77. The number of nitrogens with zero attached hydrogens (tertiary/aromatic N) is 2. The van der Waals surface area contributed by atoms with Crippen molar-refractivity contribution in [2.24, 2.45) is 11.8 Å². The van der Waals surface area contributed by atoms with Gasteiger partial charge in [-0.15, -0.1) is 6.42 Å². The Bertz CT molecular complexity index is 1470. The maximum Gasteiger partial charge on any atom is 0.325 e. The molecule has 2 aliphatic heterocycles. The first-order valence-corrected chi connectivity index (χ1v) is 11.2. The molecule has 35 heavy (non-hydrogen) atoms. The number of aliphatic carboxylic acids is 1. The van der Waals surface area contributed by atoms with E-state index in [1.165, 1.54) is 0 Å². The Hall–Kier alpha value is -4.46. The van der Waals surface area contributed by atoms with Gasteiger partial charge in [0.2, 0.25) is 11.8 Å². The first-order valence-electron chi connectivity index (χ1n) is 11.2. The molecule has 0 saturated carbocycles. The summed E-state index contributed by atoms with van der Waals surface area (Å²) in [6, 6.07) is 21.3. The van der Waals surface area contributed by atoms with E-state index in [-0.39, 0.29) is 13.0 Å². The van der Waals surface area contributed by atoms with Crippen molar-refractivity contribution < 1.29 is 19.5 Å². The minimum absolute atomic E-state index is 0.0253. The number of fused-ring (bicyclic) bond motifs is 2. The number of imide groups is 1. The van der Waals surface area contributed by atoms with E-state index in [1.54, 1.807) is 24.3 Å². The van der Waals surface area contributed by atoms with Crippen LogP contribution in [0.5, 0.6) is 0 Å². The second-order valence-electron chi connectivity index (χ2n) is 8.93. The number of likely N-dealkylation sites (tertiary alicyclic amines) is 1. The largest absolute Gasteiger partial charge is 0.480 e. The molecule has 0 spiro atoms. The number of carbonyl (C=O) groups is 3. The Morgan fingerprint density at radius 1 is 1.06 bits per heavy atom. The van der Waals surface area contributed by atoms with E-state index in [0.29, 0.717) is 16.7 Å². The van der Waals surface area contributed by atoms with Gasteiger partial charge in [-0.3, -0.25) is 24.6 Å². The number of nitriles is 1. The lowest BCUT2D eigenvalue weighted by Crippen LogP contribution is -2.57. The molecule has 0 aliphatic carbocycles. The van der Waals surface area contributed by atoms with Crippen molar-refractivity contribution in [3.05, 3.63) is 83.4 Å². The van der Waals surface area contributed by atoms with Crippen molar-refractivity contribution in [1.82, 2.24) is 10.2 Å². The van der Waals surface area contributed by atoms with Gasteiger partial charge in [0.05, 0.1) is 30.0 Å². The number of carboxylic acids is 1. The second kappa shape index (κ2) is 8.39. The van der Waals surface area contributed by atoms with Crippen molar-refractivity contribution in [3.63, 3.8) is 0 Å². The summed E-state index contributed by atoms with van der Waals surface area (Å²) in [6.45, 7) is -0.233. The lowest BCUT2D eigenvalue weighted by molar-refractivity contribution is -0.151. The van der Waals surface area contributed by atoms with E-state index < -0.39 is 41.2 Å².